The first kappa shape index (κ1) is 16.7. The maximum absolute atomic E-state index is 13.0. The molecule has 122 valence electrons. The minimum absolute atomic E-state index is 0.156. The molecule has 0 aliphatic heterocycles. The normalized spacial score (nSPS) is 10.2. The number of carbonyl (C=O) groups excluding carboxylic acids is 1. The predicted octanol–water partition coefficient (Wildman–Crippen LogP) is 3.58. The van der Waals surface area contributed by atoms with Crippen LogP contribution >= 0.6 is 0 Å². The van der Waals surface area contributed by atoms with E-state index >= 15 is 0 Å². The molecule has 0 heterocycles. The van der Waals surface area contributed by atoms with E-state index in [1.807, 2.05) is 37.3 Å². The van der Waals surface area contributed by atoms with Crippen LogP contribution in [-0.4, -0.2) is 25.7 Å². The van der Waals surface area contributed by atoms with E-state index in [1.54, 1.807) is 4.90 Å². The van der Waals surface area contributed by atoms with Crippen LogP contribution in [0.4, 0.5) is 19.3 Å². The number of ether oxygens (including phenoxy) is 1. The lowest BCUT2D eigenvalue weighted by Gasteiger charge is -2.21. The Hall–Kier alpha value is -2.63. The lowest BCUT2D eigenvalue weighted by Crippen LogP contribution is -2.41. The number of benzene rings is 2. The Kier molecular flexibility index (Phi) is 5.91. The number of urea groups is 1. The summed E-state index contributed by atoms with van der Waals surface area (Å²) in [6.45, 7) is 2.81. The Labute approximate surface area is 133 Å². The van der Waals surface area contributed by atoms with Crippen LogP contribution in [0.5, 0.6) is 5.75 Å². The van der Waals surface area contributed by atoms with Gasteiger partial charge in [-0.1, -0.05) is 18.2 Å². The summed E-state index contributed by atoms with van der Waals surface area (Å²) in [6.07, 6.45) is 0. The minimum Gasteiger partial charge on any atom is -0.492 e. The van der Waals surface area contributed by atoms with Gasteiger partial charge in [-0.25, -0.2) is 13.6 Å². The molecule has 0 aliphatic carbocycles. The van der Waals surface area contributed by atoms with Gasteiger partial charge in [-0.3, -0.25) is 4.90 Å². The number of nitrogens with zero attached hydrogens (tertiary/aromatic N) is 1. The maximum atomic E-state index is 13.0. The maximum Gasteiger partial charge on any atom is 0.321 e. The molecule has 2 aromatic rings. The largest absolute Gasteiger partial charge is 0.492 e. The van der Waals surface area contributed by atoms with Crippen molar-refractivity contribution in [3.63, 3.8) is 0 Å². The van der Waals surface area contributed by atoms with Gasteiger partial charge in [0.1, 0.15) is 12.4 Å². The molecule has 4 nitrogen and oxygen atoms in total. The number of para-hydroxylation sites is 1. The predicted molar refractivity (Wildman–Crippen MR) is 84.7 cm³/mol. The highest BCUT2D eigenvalue weighted by atomic mass is 19.2. The van der Waals surface area contributed by atoms with Gasteiger partial charge in [0.05, 0.1) is 6.54 Å². The molecule has 0 spiro atoms. The molecule has 0 saturated heterocycles. The average Bonchev–Trinajstić information content (AvgIpc) is 2.56. The molecule has 2 aromatic carbocycles. The lowest BCUT2D eigenvalue weighted by molar-refractivity contribution is 0.242. The number of hydrogen-bond donors (Lipinski definition) is 1. The van der Waals surface area contributed by atoms with Gasteiger partial charge in [-0.2, -0.15) is 0 Å². The van der Waals surface area contributed by atoms with Crippen LogP contribution in [0.15, 0.2) is 48.5 Å². The third-order valence-electron chi connectivity index (χ3n) is 3.17. The molecule has 2 amide bonds. The summed E-state index contributed by atoms with van der Waals surface area (Å²) < 4.78 is 31.1. The average molecular weight is 320 g/mol. The molecule has 0 bridgehead atoms. The van der Waals surface area contributed by atoms with Crippen LogP contribution in [0.1, 0.15) is 6.92 Å². The van der Waals surface area contributed by atoms with Crippen LogP contribution in [-0.2, 0) is 0 Å². The first-order chi connectivity index (χ1) is 11.1. The van der Waals surface area contributed by atoms with E-state index in [-0.39, 0.29) is 24.9 Å². The van der Waals surface area contributed by atoms with Crippen molar-refractivity contribution < 1.29 is 18.3 Å². The smallest absolute Gasteiger partial charge is 0.321 e. The zero-order valence-corrected chi connectivity index (χ0v) is 12.8. The highest BCUT2D eigenvalue weighted by molar-refractivity contribution is 5.91. The number of rotatable bonds is 6. The zero-order valence-electron chi connectivity index (χ0n) is 12.8. The molecular weight excluding hydrogens is 302 g/mol. The Morgan fingerprint density at radius 3 is 2.52 bits per heavy atom. The zero-order chi connectivity index (χ0) is 16.7. The summed E-state index contributed by atoms with van der Waals surface area (Å²) >= 11 is 0. The van der Waals surface area contributed by atoms with Gasteiger partial charge >= 0.3 is 6.03 Å². The molecule has 0 radical (unpaired) electrons. The van der Waals surface area contributed by atoms with Crippen LogP contribution in [0.25, 0.3) is 0 Å². The monoisotopic (exact) mass is 320 g/mol. The van der Waals surface area contributed by atoms with Crippen molar-refractivity contribution in [1.29, 1.82) is 0 Å². The number of halogens is 2. The van der Waals surface area contributed by atoms with Gasteiger partial charge in [0.15, 0.2) is 11.6 Å². The SMILES string of the molecule is CCN(C(=O)NCCOc1ccc(F)c(F)c1)c1ccccc1. The van der Waals surface area contributed by atoms with Crippen molar-refractivity contribution in [2.75, 3.05) is 24.6 Å². The Morgan fingerprint density at radius 1 is 1.13 bits per heavy atom. The minimum atomic E-state index is -0.965. The first-order valence-corrected chi connectivity index (χ1v) is 7.30. The van der Waals surface area contributed by atoms with Crippen molar-refractivity contribution in [3.8, 4) is 5.75 Å². The van der Waals surface area contributed by atoms with Gasteiger partial charge in [0.25, 0.3) is 0 Å². The second-order valence-electron chi connectivity index (χ2n) is 4.74. The van der Waals surface area contributed by atoms with Crippen molar-refractivity contribution in [3.05, 3.63) is 60.2 Å². The molecule has 0 saturated carbocycles. The Morgan fingerprint density at radius 2 is 1.87 bits per heavy atom. The van der Waals surface area contributed by atoms with E-state index in [0.29, 0.717) is 6.54 Å². The summed E-state index contributed by atoms with van der Waals surface area (Å²) in [5.74, 6) is -1.67. The van der Waals surface area contributed by atoms with E-state index in [0.717, 1.165) is 17.8 Å². The summed E-state index contributed by atoms with van der Waals surface area (Å²) in [7, 11) is 0. The molecule has 0 fully saturated rings. The van der Waals surface area contributed by atoms with Crippen LogP contribution in [0.2, 0.25) is 0 Å². The highest BCUT2D eigenvalue weighted by Gasteiger charge is 2.12. The van der Waals surface area contributed by atoms with E-state index in [2.05, 4.69) is 5.32 Å². The molecule has 1 N–H and O–H groups in total. The van der Waals surface area contributed by atoms with E-state index in [1.165, 1.54) is 6.07 Å². The van der Waals surface area contributed by atoms with Crippen LogP contribution in [0.3, 0.4) is 0 Å². The van der Waals surface area contributed by atoms with Gasteiger partial charge in [0, 0.05) is 18.3 Å². The molecule has 6 heteroatoms. The van der Waals surface area contributed by atoms with Crippen molar-refractivity contribution in [1.82, 2.24) is 5.32 Å². The number of amides is 2. The van der Waals surface area contributed by atoms with E-state index in [4.69, 9.17) is 4.74 Å². The molecular formula is C17H18F2N2O2. The fourth-order valence-electron chi connectivity index (χ4n) is 2.04. The second-order valence-corrected chi connectivity index (χ2v) is 4.74. The number of carbonyl (C=O) groups is 1. The van der Waals surface area contributed by atoms with Crippen molar-refractivity contribution in [2.45, 2.75) is 6.92 Å². The topological polar surface area (TPSA) is 41.6 Å². The van der Waals surface area contributed by atoms with Crippen LogP contribution in [0, 0.1) is 11.6 Å². The summed E-state index contributed by atoms with van der Waals surface area (Å²) in [4.78, 5) is 13.7. The first-order valence-electron chi connectivity index (χ1n) is 7.30. The van der Waals surface area contributed by atoms with Crippen LogP contribution < -0.4 is 15.0 Å². The number of anilines is 1. The molecule has 2 rings (SSSR count). The quantitative estimate of drug-likeness (QED) is 0.827. The lowest BCUT2D eigenvalue weighted by atomic mass is 10.3. The summed E-state index contributed by atoms with van der Waals surface area (Å²) in [6, 6.07) is 12.4. The van der Waals surface area contributed by atoms with Gasteiger partial charge in [-0.05, 0) is 31.2 Å². The molecule has 0 unspecified atom stereocenters. The molecule has 0 aliphatic rings. The standard InChI is InChI=1S/C17H18F2N2O2/c1-2-21(13-6-4-3-5-7-13)17(22)20-10-11-23-14-8-9-15(18)16(19)12-14/h3-9,12H,2,10-11H2,1H3,(H,20,22). The third kappa shape index (κ3) is 4.67. The van der Waals surface area contributed by atoms with E-state index < -0.39 is 11.6 Å². The number of hydrogen-bond acceptors (Lipinski definition) is 2. The molecule has 23 heavy (non-hydrogen) atoms. The van der Waals surface area contributed by atoms with Gasteiger partial charge < -0.3 is 10.1 Å². The van der Waals surface area contributed by atoms with Gasteiger partial charge in [-0.15, -0.1) is 0 Å². The fourth-order valence-corrected chi connectivity index (χ4v) is 2.04. The van der Waals surface area contributed by atoms with Crippen molar-refractivity contribution in [2.24, 2.45) is 0 Å². The third-order valence-corrected chi connectivity index (χ3v) is 3.17. The van der Waals surface area contributed by atoms with Crippen molar-refractivity contribution >= 4 is 11.7 Å². The Balaban J connectivity index is 1.81. The summed E-state index contributed by atoms with van der Waals surface area (Å²) in [5.41, 5.74) is 0.800. The highest BCUT2D eigenvalue weighted by Crippen LogP contribution is 2.15. The second kappa shape index (κ2) is 8.12. The molecule has 0 atom stereocenters. The Bertz CT molecular complexity index is 650. The van der Waals surface area contributed by atoms with Gasteiger partial charge in [0.2, 0.25) is 0 Å². The fraction of sp³-hybridized carbons (Fsp3) is 0.235. The molecule has 0 aromatic heterocycles. The number of nitrogens with one attached hydrogen (secondary N) is 1. The van der Waals surface area contributed by atoms with E-state index in [9.17, 15) is 13.6 Å². The summed E-state index contributed by atoms with van der Waals surface area (Å²) in [5, 5.41) is 2.72.